The molecule has 0 aromatic heterocycles. The van der Waals surface area contributed by atoms with E-state index >= 15 is 0 Å². The van der Waals surface area contributed by atoms with Gasteiger partial charge in [0.25, 0.3) is 0 Å². The smallest absolute Gasteiger partial charge is 0.160 e. The topological polar surface area (TPSA) is 17.1 Å². The summed E-state index contributed by atoms with van der Waals surface area (Å²) >= 11 is 1.67. The van der Waals surface area contributed by atoms with Crippen molar-refractivity contribution in [2.45, 2.75) is 25.7 Å². The summed E-state index contributed by atoms with van der Waals surface area (Å²) < 4.78 is 0. The summed E-state index contributed by atoms with van der Waals surface area (Å²) in [5.74, 6) is 0.150. The molecule has 2 heteroatoms. The molecule has 0 amide bonds. The van der Waals surface area contributed by atoms with E-state index < -0.39 is 0 Å². The molecule has 0 aliphatic carbocycles. The molecule has 0 atom stereocenters. The van der Waals surface area contributed by atoms with Crippen LogP contribution in [0.4, 0.5) is 0 Å². The van der Waals surface area contributed by atoms with Crippen LogP contribution < -0.4 is 0 Å². The average molecular weight is 194 g/mol. The second kappa shape index (κ2) is 3.97. The number of benzene rings is 1. The highest BCUT2D eigenvalue weighted by Gasteiger charge is 2.07. The largest absolute Gasteiger partial charge is 0.295 e. The third-order valence-electron chi connectivity index (χ3n) is 2.26. The monoisotopic (exact) mass is 194 g/mol. The predicted molar refractivity (Wildman–Crippen MR) is 57.7 cm³/mol. The maximum atomic E-state index is 11.3. The summed E-state index contributed by atoms with van der Waals surface area (Å²) in [6.07, 6.45) is 2.02. The van der Waals surface area contributed by atoms with Gasteiger partial charge in [-0.3, -0.25) is 4.79 Å². The molecule has 0 bridgehead atoms. The Morgan fingerprint density at radius 2 is 1.92 bits per heavy atom. The van der Waals surface area contributed by atoms with Crippen LogP contribution in [0.15, 0.2) is 17.0 Å². The first-order chi connectivity index (χ1) is 6.06. The second-order valence-electron chi connectivity index (χ2n) is 3.17. The molecule has 0 N–H and O–H groups in total. The second-order valence-corrected chi connectivity index (χ2v) is 4.05. The lowest BCUT2D eigenvalue weighted by Crippen LogP contribution is -1.98. The molecular formula is C11H14OS. The molecule has 13 heavy (non-hydrogen) atoms. The van der Waals surface area contributed by atoms with Gasteiger partial charge in [-0.25, -0.2) is 0 Å². The van der Waals surface area contributed by atoms with Gasteiger partial charge in [-0.05, 0) is 50.3 Å². The van der Waals surface area contributed by atoms with Gasteiger partial charge in [0.1, 0.15) is 0 Å². The van der Waals surface area contributed by atoms with Gasteiger partial charge in [0.05, 0.1) is 0 Å². The minimum absolute atomic E-state index is 0.150. The number of rotatable bonds is 2. The number of hydrogen-bond donors (Lipinski definition) is 0. The lowest BCUT2D eigenvalue weighted by Gasteiger charge is -2.08. The van der Waals surface area contributed by atoms with Crippen LogP contribution in [0.5, 0.6) is 0 Å². The van der Waals surface area contributed by atoms with Crippen molar-refractivity contribution in [3.05, 3.63) is 28.8 Å². The number of aryl methyl sites for hydroxylation is 1. The Morgan fingerprint density at radius 3 is 2.38 bits per heavy atom. The zero-order valence-electron chi connectivity index (χ0n) is 8.47. The molecular weight excluding hydrogens is 180 g/mol. The molecule has 0 aliphatic heterocycles. The highest BCUT2D eigenvalue weighted by Crippen LogP contribution is 2.22. The standard InChI is InChI=1S/C11H14OS/c1-7-5-10(13-4)6-11(8(7)2)9(3)12/h5-6H,1-4H3. The van der Waals surface area contributed by atoms with Crippen LogP contribution in [0.1, 0.15) is 28.4 Å². The molecule has 0 spiro atoms. The van der Waals surface area contributed by atoms with Crippen molar-refractivity contribution in [3.63, 3.8) is 0 Å². The van der Waals surface area contributed by atoms with E-state index in [2.05, 4.69) is 6.07 Å². The van der Waals surface area contributed by atoms with Crippen molar-refractivity contribution >= 4 is 17.5 Å². The van der Waals surface area contributed by atoms with Gasteiger partial charge in [-0.1, -0.05) is 0 Å². The van der Waals surface area contributed by atoms with Crippen LogP contribution in [0.25, 0.3) is 0 Å². The van der Waals surface area contributed by atoms with Gasteiger partial charge < -0.3 is 0 Å². The summed E-state index contributed by atoms with van der Waals surface area (Å²) in [5, 5.41) is 0. The van der Waals surface area contributed by atoms with E-state index in [1.165, 1.54) is 5.56 Å². The van der Waals surface area contributed by atoms with E-state index in [1.54, 1.807) is 18.7 Å². The van der Waals surface area contributed by atoms with Crippen molar-refractivity contribution in [2.24, 2.45) is 0 Å². The summed E-state index contributed by atoms with van der Waals surface area (Å²) in [7, 11) is 0. The SMILES string of the molecule is CSc1cc(C)c(C)c(C(C)=O)c1. The van der Waals surface area contributed by atoms with Crippen molar-refractivity contribution in [1.29, 1.82) is 0 Å². The van der Waals surface area contributed by atoms with Gasteiger partial charge in [0.2, 0.25) is 0 Å². The molecule has 1 nitrogen and oxygen atoms in total. The van der Waals surface area contributed by atoms with Crippen LogP contribution in [-0.2, 0) is 0 Å². The Hall–Kier alpha value is -0.760. The van der Waals surface area contributed by atoms with Crippen molar-refractivity contribution in [2.75, 3.05) is 6.26 Å². The molecule has 0 heterocycles. The molecule has 1 aromatic rings. The minimum Gasteiger partial charge on any atom is -0.295 e. The number of carbonyl (C=O) groups is 1. The summed E-state index contributed by atoms with van der Waals surface area (Å²) in [5.41, 5.74) is 3.15. The zero-order valence-corrected chi connectivity index (χ0v) is 9.29. The first kappa shape index (κ1) is 10.3. The fourth-order valence-electron chi connectivity index (χ4n) is 1.31. The number of hydrogen-bond acceptors (Lipinski definition) is 2. The van der Waals surface area contributed by atoms with Crippen LogP contribution in [0.3, 0.4) is 0 Å². The van der Waals surface area contributed by atoms with Crippen LogP contribution in [0, 0.1) is 13.8 Å². The number of carbonyl (C=O) groups excluding carboxylic acids is 1. The highest BCUT2D eigenvalue weighted by atomic mass is 32.2. The Bertz CT molecular complexity index is 342. The number of ketones is 1. The Kier molecular flexibility index (Phi) is 3.15. The molecule has 0 aliphatic rings. The summed E-state index contributed by atoms with van der Waals surface area (Å²) in [6, 6.07) is 4.09. The summed E-state index contributed by atoms with van der Waals surface area (Å²) in [6.45, 7) is 5.66. The number of Topliss-reactive ketones (excluding diaryl/α,β-unsaturated/α-hetero) is 1. The highest BCUT2D eigenvalue weighted by molar-refractivity contribution is 7.98. The van der Waals surface area contributed by atoms with E-state index in [1.807, 2.05) is 26.2 Å². The molecule has 0 radical (unpaired) electrons. The molecule has 0 unspecified atom stereocenters. The molecule has 70 valence electrons. The van der Waals surface area contributed by atoms with Crippen LogP contribution >= 0.6 is 11.8 Å². The van der Waals surface area contributed by atoms with Gasteiger partial charge in [-0.15, -0.1) is 11.8 Å². The van der Waals surface area contributed by atoms with Crippen molar-refractivity contribution in [3.8, 4) is 0 Å². The zero-order chi connectivity index (χ0) is 10.0. The van der Waals surface area contributed by atoms with E-state index in [4.69, 9.17) is 0 Å². The van der Waals surface area contributed by atoms with E-state index in [0.29, 0.717) is 0 Å². The Labute approximate surface area is 83.5 Å². The number of thioether (sulfide) groups is 1. The third-order valence-corrected chi connectivity index (χ3v) is 2.96. The van der Waals surface area contributed by atoms with Crippen molar-refractivity contribution in [1.82, 2.24) is 0 Å². The third kappa shape index (κ3) is 2.13. The van der Waals surface area contributed by atoms with E-state index in [0.717, 1.165) is 16.0 Å². The van der Waals surface area contributed by atoms with Crippen LogP contribution in [0.2, 0.25) is 0 Å². The first-order valence-electron chi connectivity index (χ1n) is 4.22. The minimum atomic E-state index is 0.150. The quantitative estimate of drug-likeness (QED) is 0.531. The van der Waals surface area contributed by atoms with Gasteiger partial charge in [0, 0.05) is 10.5 Å². The Morgan fingerprint density at radius 1 is 1.31 bits per heavy atom. The Balaban J connectivity index is 3.33. The normalized spacial score (nSPS) is 10.2. The molecule has 1 rings (SSSR count). The average Bonchev–Trinajstić information content (AvgIpc) is 2.09. The van der Waals surface area contributed by atoms with E-state index in [-0.39, 0.29) is 5.78 Å². The van der Waals surface area contributed by atoms with Crippen LogP contribution in [-0.4, -0.2) is 12.0 Å². The predicted octanol–water partition coefficient (Wildman–Crippen LogP) is 3.23. The first-order valence-corrected chi connectivity index (χ1v) is 5.45. The van der Waals surface area contributed by atoms with Gasteiger partial charge in [-0.2, -0.15) is 0 Å². The van der Waals surface area contributed by atoms with Crippen molar-refractivity contribution < 1.29 is 4.79 Å². The molecule has 0 saturated heterocycles. The fourth-order valence-corrected chi connectivity index (χ4v) is 1.84. The maximum Gasteiger partial charge on any atom is 0.160 e. The molecule has 0 saturated carbocycles. The lowest BCUT2D eigenvalue weighted by atomic mass is 10.0. The van der Waals surface area contributed by atoms with E-state index in [9.17, 15) is 4.79 Å². The lowest BCUT2D eigenvalue weighted by molar-refractivity contribution is 0.101. The fraction of sp³-hybridized carbons (Fsp3) is 0.364. The summed E-state index contributed by atoms with van der Waals surface area (Å²) in [4.78, 5) is 12.4. The van der Waals surface area contributed by atoms with Gasteiger partial charge >= 0.3 is 0 Å². The van der Waals surface area contributed by atoms with Gasteiger partial charge in [0.15, 0.2) is 5.78 Å². The molecule has 1 aromatic carbocycles. The molecule has 0 fully saturated rings. The maximum absolute atomic E-state index is 11.3.